The Morgan fingerprint density at radius 2 is 2.30 bits per heavy atom. The van der Waals surface area contributed by atoms with E-state index in [2.05, 4.69) is 10.6 Å². The number of carbonyl (C=O) groups excluding carboxylic acids is 1. The molecule has 0 saturated carbocycles. The van der Waals surface area contributed by atoms with Gasteiger partial charge in [0.05, 0.1) is 6.04 Å². The molecule has 0 aromatic rings. The van der Waals surface area contributed by atoms with Crippen molar-refractivity contribution in [1.82, 2.24) is 10.6 Å². The molecule has 0 aliphatic carbocycles. The Bertz CT molecular complexity index is 97.7. The summed E-state index contributed by atoms with van der Waals surface area (Å²) in [4.78, 5) is 9.94. The van der Waals surface area contributed by atoms with Gasteiger partial charge in [0, 0.05) is 0 Å². The van der Waals surface area contributed by atoms with Crippen molar-refractivity contribution in [2.45, 2.75) is 25.6 Å². The van der Waals surface area contributed by atoms with Crippen LogP contribution in [0.15, 0.2) is 0 Å². The van der Waals surface area contributed by atoms with Crippen LogP contribution in [0.2, 0.25) is 0 Å². The normalized spacial score (nSPS) is 15.9. The quantitative estimate of drug-likeness (QED) is 0.346. The van der Waals surface area contributed by atoms with E-state index in [-0.39, 0.29) is 6.04 Å². The highest BCUT2D eigenvalue weighted by atomic mass is 16.3. The first-order valence-corrected chi connectivity index (χ1v) is 3.31. The lowest BCUT2D eigenvalue weighted by Gasteiger charge is -2.19. The number of aliphatic hydroxyl groups is 1. The minimum atomic E-state index is -0.657. The second-order valence-electron chi connectivity index (χ2n) is 2.03. The zero-order valence-electron chi connectivity index (χ0n) is 6.29. The van der Waals surface area contributed by atoms with E-state index in [9.17, 15) is 4.79 Å². The Kier molecular flexibility index (Phi) is 4.88. The molecular weight excluding hydrogens is 132 g/mol. The molecule has 4 heteroatoms. The van der Waals surface area contributed by atoms with Gasteiger partial charge < -0.3 is 10.4 Å². The Hall–Kier alpha value is -0.610. The fraction of sp³-hybridized carbons (Fsp3) is 0.833. The third kappa shape index (κ3) is 2.80. The zero-order valence-corrected chi connectivity index (χ0v) is 6.29. The van der Waals surface area contributed by atoms with Gasteiger partial charge in [-0.3, -0.25) is 10.1 Å². The molecule has 0 aliphatic rings. The standard InChI is InChI=1S/C6H14N2O2/c1-3-5(8-4-9)6(10)7-2/h4-7,10H,3H2,1-2H3,(H,8,9)/t5-,6?/m0/s1. The summed E-state index contributed by atoms with van der Waals surface area (Å²) in [6.07, 6.45) is 0.644. The average molecular weight is 146 g/mol. The summed E-state index contributed by atoms with van der Waals surface area (Å²) >= 11 is 0. The number of hydrogen-bond donors (Lipinski definition) is 3. The summed E-state index contributed by atoms with van der Waals surface area (Å²) in [5.74, 6) is 0. The first-order valence-electron chi connectivity index (χ1n) is 3.31. The van der Waals surface area contributed by atoms with Crippen LogP contribution in [-0.4, -0.2) is 30.8 Å². The molecule has 1 amide bonds. The second-order valence-corrected chi connectivity index (χ2v) is 2.03. The molecule has 0 fully saturated rings. The van der Waals surface area contributed by atoms with Crippen LogP contribution in [0.1, 0.15) is 13.3 Å². The monoisotopic (exact) mass is 146 g/mol. The Balaban J connectivity index is 3.67. The smallest absolute Gasteiger partial charge is 0.207 e. The topological polar surface area (TPSA) is 61.4 Å². The zero-order chi connectivity index (χ0) is 7.98. The number of carbonyl (C=O) groups is 1. The van der Waals surface area contributed by atoms with Crippen molar-refractivity contribution in [3.8, 4) is 0 Å². The number of rotatable bonds is 5. The van der Waals surface area contributed by atoms with Crippen LogP contribution >= 0.6 is 0 Å². The fourth-order valence-corrected chi connectivity index (χ4v) is 0.721. The van der Waals surface area contributed by atoms with Gasteiger partial charge in [-0.25, -0.2) is 0 Å². The SMILES string of the molecule is CC[C@H](NC=O)C(O)NC. The number of amides is 1. The molecule has 0 saturated heterocycles. The van der Waals surface area contributed by atoms with Gasteiger partial charge in [0.15, 0.2) is 0 Å². The van der Waals surface area contributed by atoms with Crippen molar-refractivity contribution in [2.75, 3.05) is 7.05 Å². The lowest BCUT2D eigenvalue weighted by Crippen LogP contribution is -2.45. The molecule has 60 valence electrons. The van der Waals surface area contributed by atoms with E-state index in [1.807, 2.05) is 6.92 Å². The molecule has 4 nitrogen and oxygen atoms in total. The number of hydrogen-bond acceptors (Lipinski definition) is 3. The lowest BCUT2D eigenvalue weighted by molar-refractivity contribution is -0.111. The molecule has 0 aromatic heterocycles. The van der Waals surface area contributed by atoms with Crippen LogP contribution in [0.25, 0.3) is 0 Å². The van der Waals surface area contributed by atoms with Crippen LogP contribution in [0.5, 0.6) is 0 Å². The van der Waals surface area contributed by atoms with Crippen molar-refractivity contribution < 1.29 is 9.90 Å². The molecule has 0 aromatic carbocycles. The Morgan fingerprint density at radius 1 is 1.70 bits per heavy atom. The van der Waals surface area contributed by atoms with Crippen LogP contribution in [0, 0.1) is 0 Å². The van der Waals surface area contributed by atoms with Crippen molar-refractivity contribution in [2.24, 2.45) is 0 Å². The van der Waals surface area contributed by atoms with Crippen LogP contribution in [-0.2, 0) is 4.79 Å². The van der Waals surface area contributed by atoms with Gasteiger partial charge in [0.25, 0.3) is 0 Å². The Labute approximate surface area is 60.6 Å². The maximum absolute atomic E-state index is 9.94. The minimum absolute atomic E-state index is 0.192. The maximum atomic E-state index is 9.94. The fourth-order valence-electron chi connectivity index (χ4n) is 0.721. The predicted molar refractivity (Wildman–Crippen MR) is 38.3 cm³/mol. The van der Waals surface area contributed by atoms with E-state index in [0.29, 0.717) is 12.8 Å². The molecule has 3 N–H and O–H groups in total. The van der Waals surface area contributed by atoms with Crippen molar-refractivity contribution >= 4 is 6.41 Å². The van der Waals surface area contributed by atoms with Crippen LogP contribution in [0.4, 0.5) is 0 Å². The van der Waals surface area contributed by atoms with E-state index in [0.717, 1.165) is 0 Å². The third-order valence-electron chi connectivity index (χ3n) is 1.40. The van der Waals surface area contributed by atoms with Crippen LogP contribution < -0.4 is 10.6 Å². The van der Waals surface area contributed by atoms with Crippen LogP contribution in [0.3, 0.4) is 0 Å². The molecule has 1 unspecified atom stereocenters. The summed E-state index contributed by atoms with van der Waals surface area (Å²) in [6.45, 7) is 1.89. The van der Waals surface area contributed by atoms with Gasteiger partial charge in [-0.2, -0.15) is 0 Å². The van der Waals surface area contributed by atoms with Gasteiger partial charge in [-0.05, 0) is 13.5 Å². The molecule has 0 spiro atoms. The maximum Gasteiger partial charge on any atom is 0.207 e. The molecule has 0 heterocycles. The van der Waals surface area contributed by atoms with Crippen molar-refractivity contribution in [3.05, 3.63) is 0 Å². The highest BCUT2D eigenvalue weighted by Crippen LogP contribution is 1.92. The predicted octanol–water partition coefficient (Wildman–Crippen LogP) is -0.951. The van der Waals surface area contributed by atoms with E-state index in [4.69, 9.17) is 5.11 Å². The summed E-state index contributed by atoms with van der Waals surface area (Å²) in [5.41, 5.74) is 0. The van der Waals surface area contributed by atoms with E-state index in [1.165, 1.54) is 0 Å². The van der Waals surface area contributed by atoms with Gasteiger partial charge in [0.2, 0.25) is 6.41 Å². The van der Waals surface area contributed by atoms with Gasteiger partial charge in [-0.15, -0.1) is 0 Å². The molecule has 0 radical (unpaired) electrons. The van der Waals surface area contributed by atoms with E-state index < -0.39 is 6.23 Å². The molecule has 10 heavy (non-hydrogen) atoms. The van der Waals surface area contributed by atoms with Gasteiger partial charge in [-0.1, -0.05) is 6.92 Å². The second kappa shape index (κ2) is 5.20. The molecule has 0 aliphatic heterocycles. The summed E-state index contributed by atoms with van der Waals surface area (Å²) in [5, 5.41) is 14.2. The number of aliphatic hydroxyl groups excluding tert-OH is 1. The van der Waals surface area contributed by atoms with Gasteiger partial charge in [0.1, 0.15) is 6.23 Å². The highest BCUT2D eigenvalue weighted by molar-refractivity contribution is 5.46. The Morgan fingerprint density at radius 3 is 2.60 bits per heavy atom. The average Bonchev–Trinajstić information content (AvgIpc) is 1.99. The minimum Gasteiger partial charge on any atom is -0.376 e. The third-order valence-corrected chi connectivity index (χ3v) is 1.40. The molecule has 0 rings (SSSR count). The van der Waals surface area contributed by atoms with E-state index >= 15 is 0 Å². The molecular formula is C6H14N2O2. The highest BCUT2D eigenvalue weighted by Gasteiger charge is 2.12. The lowest BCUT2D eigenvalue weighted by atomic mass is 10.2. The summed E-state index contributed by atoms with van der Waals surface area (Å²) in [7, 11) is 1.64. The van der Waals surface area contributed by atoms with E-state index in [1.54, 1.807) is 7.05 Å². The number of likely N-dealkylation sites (N-methyl/N-ethyl adjacent to an activating group) is 1. The summed E-state index contributed by atoms with van der Waals surface area (Å²) in [6, 6.07) is -0.192. The number of nitrogens with one attached hydrogen (secondary N) is 2. The summed E-state index contributed by atoms with van der Waals surface area (Å²) < 4.78 is 0. The first-order chi connectivity index (χ1) is 4.76. The van der Waals surface area contributed by atoms with Crippen molar-refractivity contribution in [1.29, 1.82) is 0 Å². The molecule has 0 bridgehead atoms. The van der Waals surface area contributed by atoms with Crippen molar-refractivity contribution in [3.63, 3.8) is 0 Å². The molecule has 2 atom stereocenters. The van der Waals surface area contributed by atoms with Gasteiger partial charge >= 0.3 is 0 Å². The first kappa shape index (κ1) is 9.39. The largest absolute Gasteiger partial charge is 0.376 e.